The molecule has 5 nitrogen and oxygen atoms in total. The molecule has 1 aromatic rings. The van der Waals surface area contributed by atoms with Crippen LogP contribution in [0.4, 0.5) is 5.69 Å². The molecule has 0 unspecified atom stereocenters. The van der Waals surface area contributed by atoms with Gasteiger partial charge in [0.15, 0.2) is 0 Å². The molecule has 0 saturated carbocycles. The largest absolute Gasteiger partial charge is 0.358 e. The third-order valence-corrected chi connectivity index (χ3v) is 3.36. The third kappa shape index (κ3) is 2.65. The van der Waals surface area contributed by atoms with Gasteiger partial charge in [0.2, 0.25) is 10.0 Å². The van der Waals surface area contributed by atoms with Gasteiger partial charge in [-0.1, -0.05) is 12.1 Å². The first-order chi connectivity index (χ1) is 7.38. The Bertz CT molecular complexity index is 500. The van der Waals surface area contributed by atoms with Crippen LogP contribution in [-0.4, -0.2) is 27.7 Å². The zero-order chi connectivity index (χ0) is 12.3. The van der Waals surface area contributed by atoms with Crippen LogP contribution in [0.15, 0.2) is 24.3 Å². The average Bonchev–Trinajstić information content (AvgIpc) is 2.25. The molecular weight excluding hydrogens is 254 g/mol. The highest BCUT2D eigenvalue weighted by Crippen LogP contribution is 2.22. The van der Waals surface area contributed by atoms with Gasteiger partial charge >= 0.3 is 5.97 Å². The molecule has 16 heavy (non-hydrogen) atoms. The maximum Gasteiger partial charge on any atom is 0.358 e. The van der Waals surface area contributed by atoms with Crippen molar-refractivity contribution in [1.82, 2.24) is 0 Å². The SMILES string of the molecule is CN(c1ccccc1C(=O)OCl)S(C)(=O)=O. The smallest absolute Gasteiger partial charge is 0.343 e. The number of rotatable bonds is 3. The highest BCUT2D eigenvalue weighted by atomic mass is 35.5. The molecule has 88 valence electrons. The second-order valence-corrected chi connectivity index (χ2v) is 5.28. The summed E-state index contributed by atoms with van der Waals surface area (Å²) in [7, 11) is -2.09. The Morgan fingerprint density at radius 3 is 2.44 bits per heavy atom. The number of carbonyl (C=O) groups excluding carboxylic acids is 1. The minimum absolute atomic E-state index is 0.0884. The summed E-state index contributed by atoms with van der Waals surface area (Å²) < 4.78 is 27.7. The van der Waals surface area contributed by atoms with E-state index >= 15 is 0 Å². The molecule has 0 aliphatic rings. The lowest BCUT2D eigenvalue weighted by Crippen LogP contribution is -2.26. The van der Waals surface area contributed by atoms with Gasteiger partial charge in [0, 0.05) is 7.05 Å². The van der Waals surface area contributed by atoms with Crippen molar-refractivity contribution in [3.05, 3.63) is 29.8 Å². The molecule has 7 heteroatoms. The molecule has 0 aliphatic carbocycles. The fourth-order valence-electron chi connectivity index (χ4n) is 1.14. The number of benzene rings is 1. The zero-order valence-electron chi connectivity index (χ0n) is 8.68. The van der Waals surface area contributed by atoms with Gasteiger partial charge in [0.1, 0.15) is 11.9 Å². The van der Waals surface area contributed by atoms with Crippen molar-refractivity contribution in [3.8, 4) is 0 Å². The number of hydrogen-bond acceptors (Lipinski definition) is 4. The lowest BCUT2D eigenvalue weighted by molar-refractivity contribution is 0.0752. The standard InChI is InChI=1S/C9H10ClNO4S/c1-11(16(2,13)14)8-6-4-3-5-7(8)9(12)15-10/h3-6H,1-2H3. The quantitative estimate of drug-likeness (QED) is 0.827. The van der Waals surface area contributed by atoms with Gasteiger partial charge in [-0.15, -0.1) is 0 Å². The lowest BCUT2D eigenvalue weighted by atomic mass is 10.2. The number of anilines is 1. The van der Waals surface area contributed by atoms with Crippen LogP contribution in [0.2, 0.25) is 0 Å². The maximum atomic E-state index is 11.3. The predicted octanol–water partition coefficient (Wildman–Crippen LogP) is 1.39. The highest BCUT2D eigenvalue weighted by molar-refractivity contribution is 7.92. The van der Waals surface area contributed by atoms with E-state index in [-0.39, 0.29) is 11.3 Å². The normalized spacial score (nSPS) is 10.9. The minimum atomic E-state index is -3.44. The van der Waals surface area contributed by atoms with E-state index in [2.05, 4.69) is 4.29 Å². The summed E-state index contributed by atoms with van der Waals surface area (Å²) in [6, 6.07) is 6.12. The summed E-state index contributed by atoms with van der Waals surface area (Å²) in [6.45, 7) is 0. The van der Waals surface area contributed by atoms with Crippen molar-refractivity contribution in [1.29, 1.82) is 0 Å². The molecule has 1 aromatic carbocycles. The minimum Gasteiger partial charge on any atom is -0.343 e. The molecule has 0 fully saturated rings. The second-order valence-electron chi connectivity index (χ2n) is 3.11. The molecule has 0 aromatic heterocycles. The van der Waals surface area contributed by atoms with E-state index in [4.69, 9.17) is 11.9 Å². The summed E-state index contributed by atoms with van der Waals surface area (Å²) in [5, 5.41) is 0. The summed E-state index contributed by atoms with van der Waals surface area (Å²) in [5.41, 5.74) is 0.307. The summed E-state index contributed by atoms with van der Waals surface area (Å²) in [4.78, 5) is 11.3. The molecule has 0 atom stereocenters. The number of halogens is 1. The molecule has 0 radical (unpaired) electrons. The zero-order valence-corrected chi connectivity index (χ0v) is 10.2. The lowest BCUT2D eigenvalue weighted by Gasteiger charge is -2.18. The molecule has 0 aliphatic heterocycles. The van der Waals surface area contributed by atoms with Crippen LogP contribution in [0.5, 0.6) is 0 Å². The van der Waals surface area contributed by atoms with E-state index in [0.717, 1.165) is 10.6 Å². The molecule has 0 amide bonds. The van der Waals surface area contributed by atoms with E-state index in [1.807, 2.05) is 0 Å². The van der Waals surface area contributed by atoms with Crippen LogP contribution in [0.1, 0.15) is 10.4 Å². The number of sulfonamides is 1. The monoisotopic (exact) mass is 263 g/mol. The van der Waals surface area contributed by atoms with E-state index in [0.29, 0.717) is 0 Å². The first kappa shape index (κ1) is 12.8. The Hall–Kier alpha value is -1.27. The molecule has 0 bridgehead atoms. The maximum absolute atomic E-state index is 11.3. The van der Waals surface area contributed by atoms with Gasteiger partial charge in [0.05, 0.1) is 17.5 Å². The van der Waals surface area contributed by atoms with Gasteiger partial charge in [-0.2, -0.15) is 0 Å². The van der Waals surface area contributed by atoms with Gasteiger partial charge in [0.25, 0.3) is 0 Å². The Morgan fingerprint density at radius 1 is 1.38 bits per heavy atom. The Kier molecular flexibility index (Phi) is 3.77. The van der Waals surface area contributed by atoms with E-state index in [1.54, 1.807) is 12.1 Å². The van der Waals surface area contributed by atoms with Crippen molar-refractivity contribution >= 4 is 33.5 Å². The highest BCUT2D eigenvalue weighted by Gasteiger charge is 2.19. The van der Waals surface area contributed by atoms with Gasteiger partial charge in [-0.25, -0.2) is 13.2 Å². The summed E-state index contributed by atoms with van der Waals surface area (Å²) in [6.07, 6.45) is 1.04. The Labute approximate surface area is 98.8 Å². The van der Waals surface area contributed by atoms with Crippen molar-refractivity contribution in [2.45, 2.75) is 0 Å². The third-order valence-electron chi connectivity index (χ3n) is 2.03. The Morgan fingerprint density at radius 2 is 1.94 bits per heavy atom. The number of para-hydroxylation sites is 1. The fraction of sp³-hybridized carbons (Fsp3) is 0.222. The van der Waals surface area contributed by atoms with Gasteiger partial charge < -0.3 is 4.29 Å². The van der Waals surface area contributed by atoms with Crippen molar-refractivity contribution in [2.75, 3.05) is 17.6 Å². The predicted molar refractivity (Wildman–Crippen MR) is 61.0 cm³/mol. The first-order valence-corrected chi connectivity index (χ1v) is 6.39. The van der Waals surface area contributed by atoms with Crippen molar-refractivity contribution < 1.29 is 17.5 Å². The van der Waals surface area contributed by atoms with Crippen molar-refractivity contribution in [3.63, 3.8) is 0 Å². The Balaban J connectivity index is 3.29. The molecule has 0 saturated heterocycles. The van der Waals surface area contributed by atoms with Crippen LogP contribution in [-0.2, 0) is 14.3 Å². The fourth-order valence-corrected chi connectivity index (χ4v) is 1.74. The van der Waals surface area contributed by atoms with Crippen LogP contribution in [0, 0.1) is 0 Å². The average molecular weight is 264 g/mol. The topological polar surface area (TPSA) is 63.7 Å². The van der Waals surface area contributed by atoms with E-state index < -0.39 is 16.0 Å². The number of hydrogen-bond donors (Lipinski definition) is 0. The van der Waals surface area contributed by atoms with Gasteiger partial charge in [-0.05, 0) is 12.1 Å². The number of nitrogens with zero attached hydrogens (tertiary/aromatic N) is 1. The van der Waals surface area contributed by atoms with Crippen LogP contribution in [0.25, 0.3) is 0 Å². The summed E-state index contributed by atoms with van der Waals surface area (Å²) >= 11 is 4.96. The van der Waals surface area contributed by atoms with E-state index in [9.17, 15) is 13.2 Å². The van der Waals surface area contributed by atoms with E-state index in [1.165, 1.54) is 19.2 Å². The van der Waals surface area contributed by atoms with Crippen LogP contribution >= 0.6 is 11.9 Å². The van der Waals surface area contributed by atoms with Gasteiger partial charge in [-0.3, -0.25) is 4.31 Å². The first-order valence-electron chi connectivity index (χ1n) is 4.23. The molecule has 0 spiro atoms. The molecule has 0 heterocycles. The second kappa shape index (κ2) is 4.71. The molecule has 0 N–H and O–H groups in total. The molecular formula is C9H10ClNO4S. The summed E-state index contributed by atoms with van der Waals surface area (Å²) in [5.74, 6) is -0.798. The van der Waals surface area contributed by atoms with Crippen LogP contribution < -0.4 is 4.31 Å². The van der Waals surface area contributed by atoms with Crippen molar-refractivity contribution in [2.24, 2.45) is 0 Å². The number of carbonyl (C=O) groups is 1. The molecule has 1 rings (SSSR count). The van der Waals surface area contributed by atoms with Crippen LogP contribution in [0.3, 0.4) is 0 Å².